The number of rotatable bonds is 3. The van der Waals surface area contributed by atoms with Crippen LogP contribution in [-0.4, -0.2) is 26.0 Å². The number of carbonyl (C=O) groups excluding carboxylic acids is 1. The van der Waals surface area contributed by atoms with Gasteiger partial charge in [0.15, 0.2) is 17.2 Å². The first-order valence-corrected chi connectivity index (χ1v) is 8.16. The summed E-state index contributed by atoms with van der Waals surface area (Å²) in [5.41, 5.74) is 0.889. The normalized spacial score (nSPS) is 24.0. The Morgan fingerprint density at radius 3 is 2.60 bits per heavy atom. The second-order valence-electron chi connectivity index (χ2n) is 6.40. The summed E-state index contributed by atoms with van der Waals surface area (Å²) in [7, 11) is 3.23. The van der Waals surface area contributed by atoms with Crippen molar-refractivity contribution in [3.8, 4) is 17.2 Å². The maximum atomic E-state index is 12.8. The topological polar surface area (TPSA) is 60.0 Å². The fourth-order valence-corrected chi connectivity index (χ4v) is 3.64. The number of nitrogens with one attached hydrogen (secondary N) is 1. The summed E-state index contributed by atoms with van der Waals surface area (Å²) in [6.07, 6.45) is 0.644. The lowest BCUT2D eigenvalue weighted by atomic mass is 9.90. The van der Waals surface area contributed by atoms with Crippen LogP contribution in [0.25, 0.3) is 0 Å². The summed E-state index contributed by atoms with van der Waals surface area (Å²) >= 11 is 0. The number of hydrogen-bond donors (Lipinski definition) is 1. The van der Waals surface area contributed by atoms with E-state index < -0.39 is 5.72 Å². The molecule has 0 aliphatic carbocycles. The number of hydrogen-bond acceptors (Lipinski definition) is 4. The van der Waals surface area contributed by atoms with Gasteiger partial charge in [0, 0.05) is 17.7 Å². The van der Waals surface area contributed by atoms with E-state index in [1.165, 1.54) is 0 Å². The summed E-state index contributed by atoms with van der Waals surface area (Å²) in [5.74, 6) is 2.09. The number of carbonyl (C=O) groups is 1. The minimum atomic E-state index is -0.802. The van der Waals surface area contributed by atoms with Gasteiger partial charge in [0.2, 0.25) is 0 Å². The Morgan fingerprint density at radius 1 is 1.16 bits per heavy atom. The van der Waals surface area contributed by atoms with Gasteiger partial charge in [-0.1, -0.05) is 12.1 Å². The van der Waals surface area contributed by atoms with Crippen LogP contribution in [-0.2, 0) is 0 Å². The van der Waals surface area contributed by atoms with Crippen molar-refractivity contribution in [1.29, 1.82) is 0 Å². The lowest BCUT2D eigenvalue weighted by Gasteiger charge is -2.50. The highest BCUT2D eigenvalue weighted by molar-refractivity contribution is 5.95. The number of methoxy groups -OCH3 is 2. The number of para-hydroxylation sites is 1. The van der Waals surface area contributed by atoms with Crippen LogP contribution in [0.15, 0.2) is 42.5 Å². The summed E-state index contributed by atoms with van der Waals surface area (Å²) in [5, 5.41) is 3.08. The van der Waals surface area contributed by atoms with Crippen molar-refractivity contribution in [2.24, 2.45) is 0 Å². The molecule has 0 saturated carbocycles. The summed E-state index contributed by atoms with van der Waals surface area (Å²) in [6, 6.07) is 12.8. The monoisotopic (exact) mass is 340 g/mol. The van der Waals surface area contributed by atoms with E-state index in [4.69, 9.17) is 14.2 Å². The quantitative estimate of drug-likeness (QED) is 0.929. The van der Waals surface area contributed by atoms with Gasteiger partial charge in [-0.2, -0.15) is 0 Å². The summed E-state index contributed by atoms with van der Waals surface area (Å²) in [4.78, 5) is 14.5. The molecule has 6 nitrogen and oxygen atoms in total. The highest BCUT2D eigenvalue weighted by atomic mass is 16.5. The van der Waals surface area contributed by atoms with Crippen molar-refractivity contribution in [2.75, 3.05) is 19.1 Å². The Kier molecular flexibility index (Phi) is 3.49. The molecule has 2 aromatic carbocycles. The van der Waals surface area contributed by atoms with Gasteiger partial charge in [-0.15, -0.1) is 0 Å². The molecule has 1 saturated heterocycles. The number of urea groups is 1. The van der Waals surface area contributed by atoms with Crippen LogP contribution in [0.1, 0.15) is 24.9 Å². The second-order valence-corrected chi connectivity index (χ2v) is 6.40. The van der Waals surface area contributed by atoms with E-state index >= 15 is 0 Å². The third-order valence-corrected chi connectivity index (χ3v) is 4.81. The van der Waals surface area contributed by atoms with Crippen molar-refractivity contribution >= 4 is 11.7 Å². The van der Waals surface area contributed by atoms with E-state index in [1.54, 1.807) is 19.1 Å². The first kappa shape index (κ1) is 15.6. The van der Waals surface area contributed by atoms with E-state index in [9.17, 15) is 4.79 Å². The van der Waals surface area contributed by atoms with Crippen molar-refractivity contribution in [1.82, 2.24) is 5.32 Å². The Labute approximate surface area is 146 Å². The van der Waals surface area contributed by atoms with Gasteiger partial charge in [-0.25, -0.2) is 4.79 Å². The minimum Gasteiger partial charge on any atom is -0.497 e. The molecule has 130 valence electrons. The van der Waals surface area contributed by atoms with Gasteiger partial charge in [0.25, 0.3) is 0 Å². The molecule has 6 heteroatoms. The zero-order chi connectivity index (χ0) is 17.6. The summed E-state index contributed by atoms with van der Waals surface area (Å²) in [6.45, 7) is 1.93. The highest BCUT2D eigenvalue weighted by Crippen LogP contribution is 2.49. The largest absolute Gasteiger partial charge is 0.497 e. The van der Waals surface area contributed by atoms with Gasteiger partial charge in [-0.05, 0) is 37.3 Å². The van der Waals surface area contributed by atoms with Crippen LogP contribution in [0, 0.1) is 0 Å². The molecule has 2 amide bonds. The van der Waals surface area contributed by atoms with Crippen molar-refractivity contribution in [3.63, 3.8) is 0 Å². The average molecular weight is 340 g/mol. The van der Waals surface area contributed by atoms with E-state index in [2.05, 4.69) is 5.32 Å². The molecule has 2 atom stereocenters. The lowest BCUT2D eigenvalue weighted by Crippen LogP contribution is -2.65. The molecular weight excluding hydrogens is 320 g/mol. The molecule has 0 aromatic heterocycles. The zero-order valence-electron chi connectivity index (χ0n) is 14.4. The molecule has 0 spiro atoms. The van der Waals surface area contributed by atoms with E-state index in [0.717, 1.165) is 17.0 Å². The summed E-state index contributed by atoms with van der Waals surface area (Å²) < 4.78 is 17.0. The first-order chi connectivity index (χ1) is 12.1. The van der Waals surface area contributed by atoms with Gasteiger partial charge in [-0.3, -0.25) is 4.90 Å². The predicted octanol–water partition coefficient (Wildman–Crippen LogP) is 3.47. The molecular formula is C19H20N2O4. The Hall–Kier alpha value is -2.89. The molecule has 1 N–H and O–H groups in total. The fourth-order valence-electron chi connectivity index (χ4n) is 3.64. The molecule has 2 aliphatic rings. The van der Waals surface area contributed by atoms with E-state index in [0.29, 0.717) is 17.9 Å². The molecule has 1 fully saturated rings. The molecule has 4 rings (SSSR count). The van der Waals surface area contributed by atoms with Gasteiger partial charge < -0.3 is 19.5 Å². The number of ether oxygens (including phenoxy) is 3. The molecule has 2 aromatic rings. The number of nitrogens with zero attached hydrogens (tertiary/aromatic N) is 1. The third-order valence-electron chi connectivity index (χ3n) is 4.81. The van der Waals surface area contributed by atoms with Crippen LogP contribution in [0.4, 0.5) is 10.5 Å². The number of benzene rings is 2. The van der Waals surface area contributed by atoms with E-state index in [-0.39, 0.29) is 12.1 Å². The minimum absolute atomic E-state index is 0.106. The van der Waals surface area contributed by atoms with Gasteiger partial charge in [0.05, 0.1) is 20.3 Å². The van der Waals surface area contributed by atoms with Crippen LogP contribution in [0.2, 0.25) is 0 Å². The van der Waals surface area contributed by atoms with Crippen LogP contribution >= 0.6 is 0 Å². The fraction of sp³-hybridized carbons (Fsp3) is 0.316. The van der Waals surface area contributed by atoms with Gasteiger partial charge >= 0.3 is 6.03 Å². The molecule has 2 heterocycles. The maximum absolute atomic E-state index is 12.8. The van der Waals surface area contributed by atoms with E-state index in [1.807, 2.05) is 49.4 Å². The smallest absolute Gasteiger partial charge is 0.325 e. The molecule has 0 unspecified atom stereocenters. The molecule has 25 heavy (non-hydrogen) atoms. The van der Waals surface area contributed by atoms with Crippen LogP contribution in [0.3, 0.4) is 0 Å². The lowest BCUT2D eigenvalue weighted by molar-refractivity contribution is 0.0349. The van der Waals surface area contributed by atoms with Crippen molar-refractivity contribution in [2.45, 2.75) is 25.1 Å². The second kappa shape index (κ2) is 5.58. The Bertz CT molecular complexity index is 821. The zero-order valence-corrected chi connectivity index (χ0v) is 14.4. The maximum Gasteiger partial charge on any atom is 0.325 e. The predicted molar refractivity (Wildman–Crippen MR) is 93.4 cm³/mol. The average Bonchev–Trinajstić information content (AvgIpc) is 2.61. The Balaban J connectivity index is 1.78. The first-order valence-electron chi connectivity index (χ1n) is 8.16. The van der Waals surface area contributed by atoms with Crippen molar-refractivity contribution < 1.29 is 19.0 Å². The number of amides is 2. The third kappa shape index (κ3) is 2.36. The van der Waals surface area contributed by atoms with Crippen molar-refractivity contribution in [3.05, 3.63) is 48.0 Å². The molecule has 2 aliphatic heterocycles. The number of fused-ring (bicyclic) bond motifs is 4. The molecule has 0 radical (unpaired) electrons. The standard InChI is InChI=1S/C19H20N2O4/c1-19-11-15(14-5-4-6-16(24-3)17(14)25-19)20-18(22)21(19)12-7-9-13(23-2)10-8-12/h4-10,15H,11H2,1-3H3,(H,20,22)/t15-,19-/m0/s1. The van der Waals surface area contributed by atoms with Gasteiger partial charge in [0.1, 0.15) is 5.75 Å². The van der Waals surface area contributed by atoms with Crippen LogP contribution < -0.4 is 24.4 Å². The Morgan fingerprint density at radius 2 is 1.92 bits per heavy atom. The highest BCUT2D eigenvalue weighted by Gasteiger charge is 2.50. The number of anilines is 1. The molecule has 2 bridgehead atoms. The van der Waals surface area contributed by atoms with Crippen LogP contribution in [0.5, 0.6) is 17.2 Å². The SMILES string of the molecule is COc1ccc(N2C(=O)N[C@H]3C[C@]2(C)Oc2c(OC)cccc23)cc1.